The first kappa shape index (κ1) is 27.0. The van der Waals surface area contributed by atoms with E-state index in [2.05, 4.69) is 20.5 Å². The van der Waals surface area contributed by atoms with Crippen molar-refractivity contribution in [2.45, 2.75) is 50.5 Å². The molecule has 1 aliphatic heterocycles. The third-order valence-corrected chi connectivity index (χ3v) is 8.92. The van der Waals surface area contributed by atoms with E-state index in [4.69, 9.17) is 11.6 Å². The molecule has 0 aliphatic carbocycles. The van der Waals surface area contributed by atoms with Gasteiger partial charge in [0.05, 0.1) is 16.1 Å². The lowest BCUT2D eigenvalue weighted by Gasteiger charge is -2.43. The number of piperidine rings is 1. The summed E-state index contributed by atoms with van der Waals surface area (Å²) in [6, 6.07) is 7.29. The monoisotopic (exact) mass is 553 g/mol. The Hall–Kier alpha value is -3.09. The number of aliphatic carboxylic acids is 1. The van der Waals surface area contributed by atoms with E-state index in [0.29, 0.717) is 5.82 Å². The van der Waals surface area contributed by atoms with Gasteiger partial charge in [0.15, 0.2) is 11.6 Å². The molecule has 4 rings (SSSR count). The summed E-state index contributed by atoms with van der Waals surface area (Å²) in [7, 11) is -4.30. The Labute approximate surface area is 217 Å². The van der Waals surface area contributed by atoms with Crippen molar-refractivity contribution in [3.63, 3.8) is 0 Å². The third kappa shape index (κ3) is 5.32. The van der Waals surface area contributed by atoms with E-state index in [1.165, 1.54) is 24.3 Å². The molecular weight excluding hydrogens is 528 g/mol. The van der Waals surface area contributed by atoms with E-state index in [9.17, 15) is 27.1 Å². The number of hydrogen-bond acceptors (Lipinski definition) is 6. The zero-order valence-electron chi connectivity index (χ0n) is 20.1. The van der Waals surface area contributed by atoms with Crippen molar-refractivity contribution in [1.29, 1.82) is 0 Å². The van der Waals surface area contributed by atoms with Crippen LogP contribution in [0, 0.1) is 24.0 Å². The topological polar surface area (TPSA) is 128 Å². The molecule has 2 aromatic heterocycles. The van der Waals surface area contributed by atoms with Gasteiger partial charge in [-0.25, -0.2) is 22.2 Å². The van der Waals surface area contributed by atoms with Gasteiger partial charge in [0.25, 0.3) is 0 Å². The number of aromatic amines is 1. The Morgan fingerprint density at radius 3 is 2.70 bits per heavy atom. The Bertz CT molecular complexity index is 1430. The maximum absolute atomic E-state index is 14.8. The number of hydrogen-bond donors (Lipinski definition) is 3. The average molecular weight is 554 g/mol. The first-order chi connectivity index (χ1) is 17.5. The number of aromatic nitrogens is 3. The molecular formula is C24H26ClF2N5O4S. The number of benzene rings is 1. The van der Waals surface area contributed by atoms with E-state index in [1.54, 1.807) is 13.0 Å². The summed E-state index contributed by atoms with van der Waals surface area (Å²) in [6.07, 6.45) is -0.194. The van der Waals surface area contributed by atoms with Gasteiger partial charge in [0.1, 0.15) is 16.5 Å². The predicted octanol–water partition coefficient (Wildman–Crippen LogP) is 4.67. The van der Waals surface area contributed by atoms with Gasteiger partial charge in [0, 0.05) is 30.8 Å². The molecule has 9 nitrogen and oxygen atoms in total. The Morgan fingerprint density at radius 1 is 1.30 bits per heavy atom. The van der Waals surface area contributed by atoms with Crippen molar-refractivity contribution in [2.75, 3.05) is 11.9 Å². The van der Waals surface area contributed by atoms with Gasteiger partial charge in [-0.05, 0) is 50.5 Å². The number of rotatable bonds is 8. The predicted molar refractivity (Wildman–Crippen MR) is 133 cm³/mol. The maximum Gasteiger partial charge on any atom is 0.310 e. The summed E-state index contributed by atoms with van der Waals surface area (Å²) in [6.45, 7) is 3.34. The molecule has 3 aromatic rings. The third-order valence-electron chi connectivity index (χ3n) is 6.66. The lowest BCUT2D eigenvalue weighted by atomic mass is 9.72. The average Bonchev–Trinajstić information content (AvgIpc) is 3.26. The highest BCUT2D eigenvalue weighted by Gasteiger charge is 2.49. The number of pyridine rings is 1. The molecule has 3 N–H and O–H groups in total. The molecule has 0 radical (unpaired) electrons. The van der Waals surface area contributed by atoms with Gasteiger partial charge in [-0.1, -0.05) is 24.6 Å². The Morgan fingerprint density at radius 2 is 2.05 bits per heavy atom. The second kappa shape index (κ2) is 10.3. The number of anilines is 2. The lowest BCUT2D eigenvalue weighted by molar-refractivity contribution is -0.152. The van der Waals surface area contributed by atoms with Crippen LogP contribution in [0.4, 0.5) is 20.4 Å². The molecule has 13 heteroatoms. The van der Waals surface area contributed by atoms with Gasteiger partial charge in [-0.2, -0.15) is 9.40 Å². The van der Waals surface area contributed by atoms with Crippen LogP contribution in [-0.2, 0) is 21.2 Å². The number of sulfonamides is 1. The minimum absolute atomic E-state index is 0.0632. The van der Waals surface area contributed by atoms with Crippen molar-refractivity contribution < 1.29 is 27.1 Å². The van der Waals surface area contributed by atoms with Crippen molar-refractivity contribution in [2.24, 2.45) is 5.41 Å². The van der Waals surface area contributed by atoms with E-state index < -0.39 is 44.0 Å². The number of halogens is 3. The second-order valence-corrected chi connectivity index (χ2v) is 11.4. The molecule has 1 aromatic carbocycles. The quantitative estimate of drug-likeness (QED) is 0.370. The Kier molecular flexibility index (Phi) is 7.54. The summed E-state index contributed by atoms with van der Waals surface area (Å²) in [5, 5.41) is 19.7. The number of aryl methyl sites for hydroxylation is 1. The largest absolute Gasteiger partial charge is 0.481 e. The van der Waals surface area contributed by atoms with Crippen LogP contribution in [0.1, 0.15) is 37.6 Å². The molecule has 37 heavy (non-hydrogen) atoms. The van der Waals surface area contributed by atoms with Gasteiger partial charge >= 0.3 is 5.97 Å². The van der Waals surface area contributed by atoms with Crippen molar-refractivity contribution in [3.8, 4) is 0 Å². The zero-order chi connectivity index (χ0) is 27.0. The van der Waals surface area contributed by atoms with Crippen molar-refractivity contribution >= 4 is 39.2 Å². The van der Waals surface area contributed by atoms with E-state index >= 15 is 0 Å². The van der Waals surface area contributed by atoms with Crippen LogP contribution in [0.2, 0.25) is 5.02 Å². The highest BCUT2D eigenvalue weighted by atomic mass is 35.5. The Balaban J connectivity index is 1.62. The fourth-order valence-electron chi connectivity index (χ4n) is 4.68. The summed E-state index contributed by atoms with van der Waals surface area (Å²) in [5.41, 5.74) is -0.735. The van der Waals surface area contributed by atoms with E-state index in [1.807, 2.05) is 6.92 Å². The standard InChI is InChI=1S/C24H26ClF2N5O4S/c1-3-15-12-24(23(33)34,9-10-32(15)37(35,36)19-6-4-5-16(25)22(19)27)13-18-17(26)7-8-20(28-18)29-21-11-14(2)30-31-21/h4-8,11,15H,3,9-10,12-13H2,1-2H3,(H,33,34)(H2,28,29,30,31)/t15-,24-/m1/s1. The van der Waals surface area contributed by atoms with Crippen LogP contribution in [-0.4, -0.2) is 51.6 Å². The van der Waals surface area contributed by atoms with Gasteiger partial charge < -0.3 is 10.4 Å². The summed E-state index contributed by atoms with van der Waals surface area (Å²) >= 11 is 5.80. The maximum atomic E-state index is 14.8. The van der Waals surface area contributed by atoms with Crippen LogP contribution in [0.25, 0.3) is 0 Å². The van der Waals surface area contributed by atoms with Crippen molar-refractivity contribution in [3.05, 3.63) is 64.4 Å². The molecule has 198 valence electrons. The molecule has 0 amide bonds. The molecule has 1 fully saturated rings. The van der Waals surface area contributed by atoms with Crippen LogP contribution in [0.15, 0.2) is 41.3 Å². The minimum Gasteiger partial charge on any atom is -0.481 e. The number of nitrogens with one attached hydrogen (secondary N) is 2. The number of H-pyrrole nitrogens is 1. The highest BCUT2D eigenvalue weighted by molar-refractivity contribution is 7.89. The summed E-state index contributed by atoms with van der Waals surface area (Å²) < 4.78 is 57.2. The van der Waals surface area contributed by atoms with Crippen LogP contribution >= 0.6 is 11.6 Å². The van der Waals surface area contributed by atoms with Crippen molar-refractivity contribution in [1.82, 2.24) is 19.5 Å². The molecule has 3 heterocycles. The van der Waals surface area contributed by atoms with E-state index in [-0.39, 0.29) is 48.8 Å². The molecule has 0 unspecified atom stereocenters. The van der Waals surface area contributed by atoms with E-state index in [0.717, 1.165) is 16.1 Å². The van der Waals surface area contributed by atoms with Gasteiger partial charge in [0.2, 0.25) is 10.0 Å². The minimum atomic E-state index is -4.30. The fraction of sp³-hybridized carbons (Fsp3) is 0.375. The SMILES string of the molecule is CC[C@@H]1C[C@](Cc2nc(Nc3cc(C)[nH]n3)ccc2F)(C(=O)O)CCN1S(=O)(=O)c1cccc(Cl)c1F. The zero-order valence-corrected chi connectivity index (χ0v) is 21.7. The molecule has 1 saturated heterocycles. The van der Waals surface area contributed by atoms with Crippen LogP contribution in [0.5, 0.6) is 0 Å². The molecule has 2 atom stereocenters. The summed E-state index contributed by atoms with van der Waals surface area (Å²) in [4.78, 5) is 16.3. The number of carboxylic acids is 1. The van der Waals surface area contributed by atoms with Gasteiger partial charge in [-0.3, -0.25) is 9.89 Å². The highest BCUT2D eigenvalue weighted by Crippen LogP contribution is 2.42. The van der Waals surface area contributed by atoms with Crippen LogP contribution < -0.4 is 5.32 Å². The second-order valence-electron chi connectivity index (χ2n) is 9.13. The lowest BCUT2D eigenvalue weighted by Crippen LogP contribution is -2.53. The number of carbonyl (C=O) groups is 1. The van der Waals surface area contributed by atoms with Gasteiger partial charge in [-0.15, -0.1) is 0 Å². The smallest absolute Gasteiger partial charge is 0.310 e. The molecule has 0 saturated carbocycles. The fourth-order valence-corrected chi connectivity index (χ4v) is 6.70. The number of nitrogens with zero attached hydrogens (tertiary/aromatic N) is 3. The summed E-state index contributed by atoms with van der Waals surface area (Å²) in [5.74, 6) is -2.16. The molecule has 1 aliphatic rings. The molecule has 0 spiro atoms. The van der Waals surface area contributed by atoms with Crippen LogP contribution in [0.3, 0.4) is 0 Å². The number of carboxylic acid groups (broad SMARTS) is 1. The normalized spacial score (nSPS) is 20.6. The molecule has 0 bridgehead atoms. The first-order valence-corrected chi connectivity index (χ1v) is 13.4. The first-order valence-electron chi connectivity index (χ1n) is 11.6.